The van der Waals surface area contributed by atoms with Crippen LogP contribution >= 0.6 is 0 Å². The predicted octanol–water partition coefficient (Wildman–Crippen LogP) is 1.74. The number of carbonyl (C=O) groups is 2. The fourth-order valence-corrected chi connectivity index (χ4v) is 3.04. The largest absolute Gasteiger partial charge is 0.374 e. The Morgan fingerprint density at radius 1 is 1.21 bits per heavy atom. The van der Waals surface area contributed by atoms with E-state index in [9.17, 15) is 9.59 Å². The van der Waals surface area contributed by atoms with Gasteiger partial charge in [0.05, 0.1) is 6.54 Å². The number of hydrogen-bond donors (Lipinski definition) is 2. The summed E-state index contributed by atoms with van der Waals surface area (Å²) in [4.78, 5) is 27.7. The molecular weight excluding hydrogens is 304 g/mol. The van der Waals surface area contributed by atoms with Crippen molar-refractivity contribution in [2.45, 2.75) is 33.2 Å². The van der Waals surface area contributed by atoms with E-state index < -0.39 is 0 Å². The van der Waals surface area contributed by atoms with E-state index in [1.54, 1.807) is 4.90 Å². The van der Waals surface area contributed by atoms with Crippen molar-refractivity contribution >= 4 is 17.6 Å². The van der Waals surface area contributed by atoms with Gasteiger partial charge in [-0.15, -0.1) is 0 Å². The van der Waals surface area contributed by atoms with Crippen molar-refractivity contribution in [3.8, 4) is 0 Å². The van der Waals surface area contributed by atoms with Crippen LogP contribution in [0.25, 0.3) is 0 Å². The molecule has 0 aromatic heterocycles. The van der Waals surface area contributed by atoms with Gasteiger partial charge in [-0.1, -0.05) is 12.1 Å². The molecule has 2 rings (SSSR count). The van der Waals surface area contributed by atoms with Crippen molar-refractivity contribution < 1.29 is 9.59 Å². The molecule has 0 saturated heterocycles. The van der Waals surface area contributed by atoms with Crippen LogP contribution in [-0.2, 0) is 17.8 Å². The van der Waals surface area contributed by atoms with E-state index in [1.165, 1.54) is 11.3 Å². The molecule has 0 unspecified atom stereocenters. The van der Waals surface area contributed by atoms with Crippen LogP contribution in [0.1, 0.15) is 31.4 Å². The van der Waals surface area contributed by atoms with Crippen LogP contribution in [0.4, 0.5) is 10.5 Å². The van der Waals surface area contributed by atoms with E-state index in [2.05, 4.69) is 34.7 Å². The van der Waals surface area contributed by atoms with Gasteiger partial charge in [-0.2, -0.15) is 0 Å². The molecule has 0 aliphatic carbocycles. The van der Waals surface area contributed by atoms with E-state index in [4.69, 9.17) is 0 Å². The second-order valence-corrected chi connectivity index (χ2v) is 6.09. The van der Waals surface area contributed by atoms with Gasteiger partial charge in [0.1, 0.15) is 0 Å². The minimum Gasteiger partial charge on any atom is -0.374 e. The van der Waals surface area contributed by atoms with E-state index in [-0.39, 0.29) is 18.5 Å². The molecule has 132 valence electrons. The number of aryl methyl sites for hydroxylation is 1. The highest BCUT2D eigenvalue weighted by Gasteiger charge is 2.14. The Kier molecular flexibility index (Phi) is 6.46. The van der Waals surface area contributed by atoms with Gasteiger partial charge in [-0.3, -0.25) is 4.79 Å². The molecule has 3 amide bonds. The van der Waals surface area contributed by atoms with Gasteiger partial charge < -0.3 is 20.4 Å². The molecule has 0 atom stereocenters. The summed E-state index contributed by atoms with van der Waals surface area (Å²) >= 11 is 0. The minimum atomic E-state index is -0.314. The molecule has 24 heavy (non-hydrogen) atoms. The molecule has 0 saturated carbocycles. The lowest BCUT2D eigenvalue weighted by Crippen LogP contribution is -2.43. The predicted molar refractivity (Wildman–Crippen MR) is 96.2 cm³/mol. The fourth-order valence-electron chi connectivity index (χ4n) is 3.04. The zero-order chi connectivity index (χ0) is 17.5. The molecular formula is C18H28N4O2. The number of carbonyl (C=O) groups excluding carboxylic acids is 2. The highest BCUT2D eigenvalue weighted by atomic mass is 16.2. The molecule has 6 nitrogen and oxygen atoms in total. The Morgan fingerprint density at radius 2 is 1.96 bits per heavy atom. The molecule has 1 aliphatic rings. The van der Waals surface area contributed by atoms with Gasteiger partial charge in [0.15, 0.2) is 0 Å². The monoisotopic (exact) mass is 332 g/mol. The first kappa shape index (κ1) is 18.1. The SMILES string of the molecule is CCN(CC)C(=O)CNC(=O)NCc1ccc2c(c1)CCCN2C. The first-order valence-corrected chi connectivity index (χ1v) is 8.67. The van der Waals surface area contributed by atoms with Gasteiger partial charge in [-0.05, 0) is 43.9 Å². The summed E-state index contributed by atoms with van der Waals surface area (Å²) in [6.45, 7) is 6.74. The minimum absolute atomic E-state index is 0.0303. The van der Waals surface area contributed by atoms with Gasteiger partial charge in [0.2, 0.25) is 5.91 Å². The van der Waals surface area contributed by atoms with Crippen molar-refractivity contribution in [2.24, 2.45) is 0 Å². The van der Waals surface area contributed by atoms with Crippen molar-refractivity contribution in [3.63, 3.8) is 0 Å². The lowest BCUT2D eigenvalue weighted by molar-refractivity contribution is -0.129. The summed E-state index contributed by atoms with van der Waals surface area (Å²) in [7, 11) is 2.11. The maximum Gasteiger partial charge on any atom is 0.315 e. The zero-order valence-electron chi connectivity index (χ0n) is 14.9. The van der Waals surface area contributed by atoms with Crippen molar-refractivity contribution in [3.05, 3.63) is 29.3 Å². The Bertz CT molecular complexity index is 584. The summed E-state index contributed by atoms with van der Waals surface area (Å²) in [6, 6.07) is 6.01. The van der Waals surface area contributed by atoms with Crippen molar-refractivity contribution in [1.82, 2.24) is 15.5 Å². The number of likely N-dealkylation sites (N-methyl/N-ethyl adjacent to an activating group) is 1. The van der Waals surface area contributed by atoms with Crippen LogP contribution in [-0.4, -0.2) is 50.1 Å². The first-order chi connectivity index (χ1) is 11.5. The number of hydrogen-bond acceptors (Lipinski definition) is 3. The van der Waals surface area contributed by atoms with Gasteiger partial charge in [-0.25, -0.2) is 4.79 Å². The number of amides is 3. The molecule has 0 spiro atoms. The lowest BCUT2D eigenvalue weighted by atomic mass is 9.99. The molecule has 6 heteroatoms. The van der Waals surface area contributed by atoms with E-state index in [0.717, 1.165) is 24.9 Å². The third-order valence-electron chi connectivity index (χ3n) is 4.46. The number of nitrogens with zero attached hydrogens (tertiary/aromatic N) is 2. The normalized spacial score (nSPS) is 13.2. The average Bonchev–Trinajstić information content (AvgIpc) is 2.59. The highest BCUT2D eigenvalue weighted by Crippen LogP contribution is 2.26. The number of benzene rings is 1. The molecule has 0 radical (unpaired) electrons. The number of anilines is 1. The van der Waals surface area contributed by atoms with Crippen LogP contribution in [0, 0.1) is 0 Å². The molecule has 0 fully saturated rings. The van der Waals surface area contributed by atoms with E-state index in [0.29, 0.717) is 19.6 Å². The van der Waals surface area contributed by atoms with Gasteiger partial charge in [0, 0.05) is 38.9 Å². The van der Waals surface area contributed by atoms with Gasteiger partial charge in [0.25, 0.3) is 0 Å². The number of nitrogens with one attached hydrogen (secondary N) is 2. The summed E-state index contributed by atoms with van der Waals surface area (Å²) in [5.41, 5.74) is 3.69. The Labute approximate surface area is 144 Å². The molecule has 0 bridgehead atoms. The van der Waals surface area contributed by atoms with Crippen LogP contribution < -0.4 is 15.5 Å². The third kappa shape index (κ3) is 4.63. The molecule has 2 N–H and O–H groups in total. The Hall–Kier alpha value is -2.24. The zero-order valence-corrected chi connectivity index (χ0v) is 14.9. The van der Waals surface area contributed by atoms with E-state index >= 15 is 0 Å². The average molecular weight is 332 g/mol. The maximum absolute atomic E-state index is 11.9. The smallest absolute Gasteiger partial charge is 0.315 e. The summed E-state index contributed by atoms with van der Waals surface area (Å²) in [5, 5.41) is 5.43. The van der Waals surface area contributed by atoms with Gasteiger partial charge >= 0.3 is 6.03 Å². The van der Waals surface area contributed by atoms with Crippen molar-refractivity contribution in [2.75, 3.05) is 38.1 Å². The van der Waals surface area contributed by atoms with Crippen LogP contribution in [0.3, 0.4) is 0 Å². The molecule has 1 aromatic rings. The first-order valence-electron chi connectivity index (χ1n) is 8.67. The highest BCUT2D eigenvalue weighted by molar-refractivity contribution is 5.83. The third-order valence-corrected chi connectivity index (χ3v) is 4.46. The van der Waals surface area contributed by atoms with E-state index in [1.807, 2.05) is 19.9 Å². The second kappa shape index (κ2) is 8.57. The quantitative estimate of drug-likeness (QED) is 0.834. The Balaban J connectivity index is 1.81. The number of urea groups is 1. The summed E-state index contributed by atoms with van der Waals surface area (Å²) in [6.07, 6.45) is 2.24. The molecule has 1 aliphatic heterocycles. The summed E-state index contributed by atoms with van der Waals surface area (Å²) < 4.78 is 0. The maximum atomic E-state index is 11.9. The Morgan fingerprint density at radius 3 is 2.67 bits per heavy atom. The number of rotatable bonds is 6. The second-order valence-electron chi connectivity index (χ2n) is 6.09. The number of fused-ring (bicyclic) bond motifs is 1. The lowest BCUT2D eigenvalue weighted by Gasteiger charge is -2.27. The summed E-state index contributed by atoms with van der Waals surface area (Å²) in [5.74, 6) is -0.0630. The van der Waals surface area contributed by atoms with Crippen molar-refractivity contribution in [1.29, 1.82) is 0 Å². The topological polar surface area (TPSA) is 64.7 Å². The van der Waals surface area contributed by atoms with Crippen LogP contribution in [0.15, 0.2) is 18.2 Å². The molecule has 1 heterocycles. The standard InChI is InChI=1S/C18H28N4O2/c1-4-22(5-2)17(23)13-20-18(24)19-12-14-8-9-16-15(11-14)7-6-10-21(16)3/h8-9,11H,4-7,10,12-13H2,1-3H3,(H2,19,20,24). The fraction of sp³-hybridized carbons (Fsp3) is 0.556. The molecule has 1 aromatic carbocycles. The van der Waals surface area contributed by atoms with Crippen LogP contribution in [0.5, 0.6) is 0 Å². The van der Waals surface area contributed by atoms with Crippen LogP contribution in [0.2, 0.25) is 0 Å².